The molecule has 2 aromatic rings. The van der Waals surface area contributed by atoms with Crippen molar-refractivity contribution in [3.8, 4) is 0 Å². The molecule has 1 unspecified atom stereocenters. The van der Waals surface area contributed by atoms with Gasteiger partial charge in [0, 0.05) is 16.1 Å². The largest absolute Gasteiger partial charge is 0.373 e. The van der Waals surface area contributed by atoms with Gasteiger partial charge in [-0.1, -0.05) is 39.1 Å². The molecule has 2 rings (SSSR count). The quantitative estimate of drug-likeness (QED) is 0.517. The Kier molecular flexibility index (Phi) is 4.90. The zero-order valence-corrected chi connectivity index (χ0v) is 14.1. The molecular weight excluding hydrogens is 387 g/mol. The Bertz CT molecular complexity index is 663. The lowest BCUT2D eigenvalue weighted by molar-refractivity contribution is -0.384. The second-order valence-corrected chi connectivity index (χ2v) is 7.27. The number of rotatable bonds is 4. The summed E-state index contributed by atoms with van der Waals surface area (Å²) in [6.07, 6.45) is 0. The Morgan fingerprint density at radius 2 is 2.10 bits per heavy atom. The highest BCUT2D eigenvalue weighted by Gasteiger charge is 2.19. The van der Waals surface area contributed by atoms with E-state index in [1.54, 1.807) is 18.2 Å². The van der Waals surface area contributed by atoms with Gasteiger partial charge < -0.3 is 5.32 Å². The van der Waals surface area contributed by atoms with Gasteiger partial charge in [0.15, 0.2) is 0 Å². The molecule has 0 radical (unpaired) electrons. The van der Waals surface area contributed by atoms with E-state index in [0.29, 0.717) is 18.8 Å². The van der Waals surface area contributed by atoms with Crippen LogP contribution in [0.3, 0.4) is 0 Å². The smallest absolute Gasteiger partial charge is 0.293 e. The Morgan fingerprint density at radius 3 is 2.65 bits per heavy atom. The second kappa shape index (κ2) is 6.30. The normalized spacial score (nSPS) is 12.2. The van der Waals surface area contributed by atoms with Crippen LogP contribution in [-0.2, 0) is 0 Å². The first kappa shape index (κ1) is 15.6. The first-order valence-electron chi connectivity index (χ1n) is 5.53. The molecule has 0 fully saturated rings. The lowest BCUT2D eigenvalue weighted by Crippen LogP contribution is -2.08. The Labute approximate surface area is 138 Å². The van der Waals surface area contributed by atoms with Crippen molar-refractivity contribution in [1.82, 2.24) is 0 Å². The van der Waals surface area contributed by atoms with Crippen molar-refractivity contribution in [3.63, 3.8) is 0 Å². The summed E-state index contributed by atoms with van der Waals surface area (Å²) in [4.78, 5) is 10.6. The topological polar surface area (TPSA) is 55.2 Å². The Balaban J connectivity index is 2.30. The summed E-state index contributed by atoms with van der Waals surface area (Å²) in [5, 5.41) is 14.2. The fourth-order valence-electron chi connectivity index (χ4n) is 1.74. The first-order valence-corrected chi connectivity index (χ1v) is 7.90. The van der Waals surface area contributed by atoms with Gasteiger partial charge in [-0.25, -0.2) is 0 Å². The van der Waals surface area contributed by atoms with Crippen LogP contribution in [0.2, 0.25) is 8.67 Å². The Morgan fingerprint density at radius 1 is 1.40 bits per heavy atom. The van der Waals surface area contributed by atoms with Gasteiger partial charge in [0.1, 0.15) is 5.69 Å². The van der Waals surface area contributed by atoms with Crippen molar-refractivity contribution < 1.29 is 4.92 Å². The SMILES string of the molecule is CC(Nc1ccc(Br)cc1[N+](=O)[O-])c1cc(Cl)sc1Cl. The van der Waals surface area contributed by atoms with Crippen LogP contribution in [0.5, 0.6) is 0 Å². The average Bonchev–Trinajstić information content (AvgIpc) is 2.70. The highest BCUT2D eigenvalue weighted by atomic mass is 79.9. The molecule has 1 heterocycles. The van der Waals surface area contributed by atoms with Crippen LogP contribution in [0.15, 0.2) is 28.7 Å². The fraction of sp³-hybridized carbons (Fsp3) is 0.167. The number of nitrogens with one attached hydrogen (secondary N) is 1. The van der Waals surface area contributed by atoms with Crippen molar-refractivity contribution >= 4 is 61.8 Å². The molecule has 20 heavy (non-hydrogen) atoms. The summed E-state index contributed by atoms with van der Waals surface area (Å²) in [6, 6.07) is 6.42. The van der Waals surface area contributed by atoms with Crippen LogP contribution in [-0.4, -0.2) is 4.92 Å². The molecule has 1 N–H and O–H groups in total. The zero-order chi connectivity index (χ0) is 14.9. The van der Waals surface area contributed by atoms with E-state index in [1.165, 1.54) is 17.4 Å². The third-order valence-electron chi connectivity index (χ3n) is 2.68. The van der Waals surface area contributed by atoms with E-state index in [1.807, 2.05) is 6.92 Å². The van der Waals surface area contributed by atoms with E-state index in [2.05, 4.69) is 21.2 Å². The van der Waals surface area contributed by atoms with E-state index in [4.69, 9.17) is 23.2 Å². The molecule has 0 aliphatic rings. The lowest BCUT2D eigenvalue weighted by Gasteiger charge is -2.15. The number of benzene rings is 1. The molecular formula is C12H9BrCl2N2O2S. The summed E-state index contributed by atoms with van der Waals surface area (Å²) in [7, 11) is 0. The van der Waals surface area contributed by atoms with Crippen molar-refractivity contribution in [2.45, 2.75) is 13.0 Å². The van der Waals surface area contributed by atoms with E-state index >= 15 is 0 Å². The third kappa shape index (κ3) is 3.44. The van der Waals surface area contributed by atoms with Crippen molar-refractivity contribution in [3.05, 3.63) is 53.1 Å². The molecule has 0 amide bonds. The van der Waals surface area contributed by atoms with Gasteiger partial charge in [0.2, 0.25) is 0 Å². The minimum absolute atomic E-state index is 0.00340. The molecule has 0 aliphatic heterocycles. The van der Waals surface area contributed by atoms with Crippen molar-refractivity contribution in [2.24, 2.45) is 0 Å². The van der Waals surface area contributed by atoms with Gasteiger partial charge in [-0.05, 0) is 25.1 Å². The predicted octanol–water partition coefficient (Wildman–Crippen LogP) is 5.90. The minimum atomic E-state index is -0.429. The molecule has 8 heteroatoms. The van der Waals surface area contributed by atoms with Crippen LogP contribution in [0.1, 0.15) is 18.5 Å². The summed E-state index contributed by atoms with van der Waals surface area (Å²) in [5.74, 6) is 0. The van der Waals surface area contributed by atoms with Crippen molar-refractivity contribution in [1.29, 1.82) is 0 Å². The molecule has 106 valence electrons. The average molecular weight is 396 g/mol. The summed E-state index contributed by atoms with van der Waals surface area (Å²) >= 11 is 16.5. The summed E-state index contributed by atoms with van der Waals surface area (Å²) in [6.45, 7) is 1.87. The highest BCUT2D eigenvalue weighted by Crippen LogP contribution is 2.37. The molecule has 1 atom stereocenters. The van der Waals surface area contributed by atoms with Gasteiger partial charge in [-0.15, -0.1) is 11.3 Å². The zero-order valence-electron chi connectivity index (χ0n) is 10.2. The number of halogens is 3. The molecule has 0 saturated heterocycles. The molecule has 1 aromatic carbocycles. The second-order valence-electron chi connectivity index (χ2n) is 4.06. The monoisotopic (exact) mass is 394 g/mol. The molecule has 0 aliphatic carbocycles. The van der Waals surface area contributed by atoms with E-state index < -0.39 is 4.92 Å². The molecule has 4 nitrogen and oxygen atoms in total. The third-order valence-corrected chi connectivity index (χ3v) is 4.69. The molecule has 0 bridgehead atoms. The number of nitro benzene ring substituents is 1. The predicted molar refractivity (Wildman–Crippen MR) is 87.2 cm³/mol. The van der Waals surface area contributed by atoms with Gasteiger partial charge in [0.05, 0.1) is 19.6 Å². The lowest BCUT2D eigenvalue weighted by atomic mass is 10.1. The Hall–Kier alpha value is -0.820. The highest BCUT2D eigenvalue weighted by molar-refractivity contribution is 9.10. The number of hydrogen-bond acceptors (Lipinski definition) is 4. The van der Waals surface area contributed by atoms with Gasteiger partial charge in [-0.2, -0.15) is 0 Å². The summed E-state index contributed by atoms with van der Waals surface area (Å²) in [5.41, 5.74) is 1.26. The maximum Gasteiger partial charge on any atom is 0.293 e. The number of nitro groups is 1. The van der Waals surface area contributed by atoms with E-state index in [9.17, 15) is 10.1 Å². The number of hydrogen-bond donors (Lipinski definition) is 1. The van der Waals surface area contributed by atoms with Crippen LogP contribution in [0.4, 0.5) is 11.4 Å². The first-order chi connectivity index (χ1) is 9.38. The van der Waals surface area contributed by atoms with Crippen molar-refractivity contribution in [2.75, 3.05) is 5.32 Å². The van der Waals surface area contributed by atoms with Gasteiger partial charge in [0.25, 0.3) is 5.69 Å². The number of thiophene rings is 1. The van der Waals surface area contributed by atoms with Crippen LogP contribution >= 0.6 is 50.5 Å². The van der Waals surface area contributed by atoms with Crippen LogP contribution in [0, 0.1) is 10.1 Å². The number of anilines is 1. The van der Waals surface area contributed by atoms with Crippen LogP contribution in [0.25, 0.3) is 0 Å². The minimum Gasteiger partial charge on any atom is -0.373 e. The van der Waals surface area contributed by atoms with E-state index in [-0.39, 0.29) is 11.7 Å². The maximum atomic E-state index is 11.1. The van der Waals surface area contributed by atoms with Gasteiger partial charge in [-0.3, -0.25) is 10.1 Å². The standard InChI is InChI=1S/C12H9BrCl2N2O2S/c1-6(8-5-11(14)20-12(8)15)16-9-3-2-7(13)4-10(9)17(18)19/h2-6,16H,1H3. The molecule has 0 saturated carbocycles. The molecule has 0 spiro atoms. The van der Waals surface area contributed by atoms with Crippen LogP contribution < -0.4 is 5.32 Å². The fourth-order valence-corrected chi connectivity index (χ4v) is 3.73. The maximum absolute atomic E-state index is 11.1. The number of nitrogens with zero attached hydrogens (tertiary/aromatic N) is 1. The summed E-state index contributed by atoms with van der Waals surface area (Å²) < 4.78 is 1.82. The van der Waals surface area contributed by atoms with Gasteiger partial charge >= 0.3 is 0 Å². The van der Waals surface area contributed by atoms with E-state index in [0.717, 1.165) is 5.56 Å². The molecule has 1 aromatic heterocycles.